The van der Waals surface area contributed by atoms with Gasteiger partial charge in [0.15, 0.2) is 5.44 Å². The first kappa shape index (κ1) is 11.6. The van der Waals surface area contributed by atoms with Gasteiger partial charge < -0.3 is 15.4 Å². The predicted molar refractivity (Wildman–Crippen MR) is 61.1 cm³/mol. The monoisotopic (exact) mass is 244 g/mol. The Balaban J connectivity index is 1.82. The summed E-state index contributed by atoms with van der Waals surface area (Å²) < 4.78 is 5.34. The average molecular weight is 244 g/mol. The molecule has 2 fully saturated rings. The molecule has 6 heteroatoms. The summed E-state index contributed by atoms with van der Waals surface area (Å²) in [4.78, 5) is 22.5. The van der Waals surface area contributed by atoms with Crippen molar-refractivity contribution in [2.45, 2.75) is 43.7 Å². The largest absolute Gasteiger partial charge is 0.449 e. The van der Waals surface area contributed by atoms with Gasteiger partial charge in [-0.05, 0) is 6.42 Å². The summed E-state index contributed by atoms with van der Waals surface area (Å²) in [5.41, 5.74) is -0.228. The van der Waals surface area contributed by atoms with Crippen LogP contribution in [-0.4, -0.2) is 35.3 Å². The van der Waals surface area contributed by atoms with Gasteiger partial charge in [0, 0.05) is 12.2 Å². The molecule has 2 rings (SSSR count). The van der Waals surface area contributed by atoms with Crippen LogP contribution >= 0.6 is 11.8 Å². The molecule has 16 heavy (non-hydrogen) atoms. The number of urea groups is 1. The van der Waals surface area contributed by atoms with Gasteiger partial charge in [-0.2, -0.15) is 0 Å². The van der Waals surface area contributed by atoms with Crippen molar-refractivity contribution in [2.75, 3.05) is 5.75 Å². The van der Waals surface area contributed by atoms with Gasteiger partial charge in [-0.15, -0.1) is 11.8 Å². The van der Waals surface area contributed by atoms with Crippen molar-refractivity contribution in [1.29, 1.82) is 0 Å². The highest BCUT2D eigenvalue weighted by Gasteiger charge is 2.45. The summed E-state index contributed by atoms with van der Waals surface area (Å²) in [7, 11) is 0. The zero-order chi connectivity index (χ0) is 11.5. The van der Waals surface area contributed by atoms with E-state index in [0.29, 0.717) is 6.42 Å². The van der Waals surface area contributed by atoms with Gasteiger partial charge in [0.2, 0.25) is 0 Å². The highest BCUT2D eigenvalue weighted by atomic mass is 32.2. The first-order chi connectivity index (χ1) is 7.70. The van der Waals surface area contributed by atoms with E-state index in [4.69, 9.17) is 4.74 Å². The van der Waals surface area contributed by atoms with Crippen molar-refractivity contribution in [2.24, 2.45) is 0 Å². The highest BCUT2D eigenvalue weighted by molar-refractivity contribution is 8.00. The summed E-state index contributed by atoms with van der Waals surface area (Å²) in [5, 5.41) is 5.58. The molecule has 3 atom stereocenters. The van der Waals surface area contributed by atoms with E-state index >= 15 is 0 Å². The Morgan fingerprint density at radius 2 is 2.38 bits per heavy atom. The van der Waals surface area contributed by atoms with Crippen LogP contribution in [0.4, 0.5) is 4.79 Å². The summed E-state index contributed by atoms with van der Waals surface area (Å²) in [6, 6.07) is -0.130. The van der Waals surface area contributed by atoms with Crippen LogP contribution in [0.5, 0.6) is 0 Å². The van der Waals surface area contributed by atoms with Crippen LogP contribution in [0, 0.1) is 0 Å². The van der Waals surface area contributed by atoms with Crippen molar-refractivity contribution in [3.05, 3.63) is 0 Å². The smallest absolute Gasteiger partial charge is 0.315 e. The minimum atomic E-state index is -0.228. The van der Waals surface area contributed by atoms with E-state index in [0.717, 1.165) is 18.6 Å². The van der Waals surface area contributed by atoms with Crippen molar-refractivity contribution in [3.8, 4) is 0 Å². The molecule has 0 saturated carbocycles. The molecule has 0 bridgehead atoms. The highest BCUT2D eigenvalue weighted by Crippen LogP contribution is 2.30. The normalized spacial score (nSPS) is 31.8. The Labute approximate surface area is 98.7 Å². The quantitative estimate of drug-likeness (QED) is 0.568. The predicted octanol–water partition coefficient (Wildman–Crippen LogP) is 0.843. The minimum Gasteiger partial charge on any atom is -0.449 e. The van der Waals surface area contributed by atoms with E-state index in [1.165, 1.54) is 0 Å². The number of esters is 1. The first-order valence-corrected chi connectivity index (χ1v) is 6.63. The number of thioether (sulfide) groups is 1. The molecule has 2 heterocycles. The second-order valence-corrected chi connectivity index (χ2v) is 5.18. The minimum absolute atomic E-state index is 0.0666. The van der Waals surface area contributed by atoms with Gasteiger partial charge in [-0.25, -0.2) is 4.79 Å². The molecule has 5 nitrogen and oxygen atoms in total. The standard InChI is InChI=1S/C10H16N2O3S/c1-2-3-4-7(13)15-9-8-6(5-16-9)11-10(14)12-8/h6,8-9H,2-5H2,1H3,(H2,11,12,14). The van der Waals surface area contributed by atoms with Gasteiger partial charge in [-0.1, -0.05) is 13.3 Å². The SMILES string of the molecule is CCCCC(=O)OC1SCC2NC(=O)NC21. The van der Waals surface area contributed by atoms with Gasteiger partial charge in [0.1, 0.15) is 0 Å². The molecule has 0 aromatic heterocycles. The first-order valence-electron chi connectivity index (χ1n) is 5.59. The van der Waals surface area contributed by atoms with Crippen LogP contribution in [0.1, 0.15) is 26.2 Å². The van der Waals surface area contributed by atoms with Gasteiger partial charge in [0.25, 0.3) is 0 Å². The second kappa shape index (κ2) is 4.95. The number of hydrogen-bond acceptors (Lipinski definition) is 4. The van der Waals surface area contributed by atoms with Crippen molar-refractivity contribution in [1.82, 2.24) is 10.6 Å². The number of hydrogen-bond donors (Lipinski definition) is 2. The van der Waals surface area contributed by atoms with E-state index in [-0.39, 0.29) is 29.5 Å². The molecule has 2 saturated heterocycles. The zero-order valence-electron chi connectivity index (χ0n) is 9.19. The molecule has 2 amide bonds. The third kappa shape index (κ3) is 2.42. The van der Waals surface area contributed by atoms with Crippen LogP contribution in [0.2, 0.25) is 0 Å². The number of rotatable bonds is 4. The molecule has 2 N–H and O–H groups in total. The summed E-state index contributed by atoms with van der Waals surface area (Å²) >= 11 is 1.58. The molecule has 0 radical (unpaired) electrons. The number of fused-ring (bicyclic) bond motifs is 1. The number of amides is 2. The summed E-state index contributed by atoms with van der Waals surface area (Å²) in [5.74, 6) is 0.635. The average Bonchev–Trinajstić information content (AvgIpc) is 2.76. The molecular formula is C10H16N2O3S. The number of unbranched alkanes of at least 4 members (excludes halogenated alkanes) is 1. The molecule has 2 aliphatic rings. The van der Waals surface area contributed by atoms with E-state index in [1.807, 2.05) is 6.92 Å². The van der Waals surface area contributed by atoms with E-state index in [2.05, 4.69) is 10.6 Å². The van der Waals surface area contributed by atoms with Gasteiger partial charge >= 0.3 is 12.0 Å². The molecule has 90 valence electrons. The fourth-order valence-electron chi connectivity index (χ4n) is 1.87. The number of carbonyl (C=O) groups is 2. The van der Waals surface area contributed by atoms with Gasteiger partial charge in [0.05, 0.1) is 12.1 Å². The number of nitrogens with one attached hydrogen (secondary N) is 2. The Hall–Kier alpha value is -0.910. The summed E-state index contributed by atoms with van der Waals surface area (Å²) in [6.07, 6.45) is 2.30. The number of carbonyl (C=O) groups excluding carboxylic acids is 2. The molecule has 0 aliphatic carbocycles. The van der Waals surface area contributed by atoms with E-state index in [9.17, 15) is 9.59 Å². The van der Waals surface area contributed by atoms with Crippen molar-refractivity contribution >= 4 is 23.8 Å². The molecule has 0 aromatic carbocycles. The molecule has 3 unspecified atom stereocenters. The second-order valence-electron chi connectivity index (χ2n) is 4.05. The Morgan fingerprint density at radius 3 is 3.12 bits per heavy atom. The van der Waals surface area contributed by atoms with Crippen LogP contribution in [0.25, 0.3) is 0 Å². The maximum Gasteiger partial charge on any atom is 0.315 e. The lowest BCUT2D eigenvalue weighted by Gasteiger charge is -2.17. The maximum absolute atomic E-state index is 11.5. The fourth-order valence-corrected chi connectivity index (χ4v) is 3.20. The maximum atomic E-state index is 11.5. The summed E-state index contributed by atoms with van der Waals surface area (Å²) in [6.45, 7) is 2.04. The van der Waals surface area contributed by atoms with Crippen molar-refractivity contribution < 1.29 is 14.3 Å². The lowest BCUT2D eigenvalue weighted by atomic mass is 10.2. The molecule has 2 aliphatic heterocycles. The lowest BCUT2D eigenvalue weighted by molar-refractivity contribution is -0.145. The number of ether oxygens (including phenoxy) is 1. The third-order valence-corrected chi connectivity index (χ3v) is 4.03. The topological polar surface area (TPSA) is 67.4 Å². The Morgan fingerprint density at radius 1 is 1.56 bits per heavy atom. The van der Waals surface area contributed by atoms with E-state index in [1.54, 1.807) is 11.8 Å². The van der Waals surface area contributed by atoms with E-state index < -0.39 is 0 Å². The zero-order valence-corrected chi connectivity index (χ0v) is 10.0. The Bertz CT molecular complexity index is 298. The van der Waals surface area contributed by atoms with Gasteiger partial charge in [-0.3, -0.25) is 4.79 Å². The van der Waals surface area contributed by atoms with Crippen molar-refractivity contribution in [3.63, 3.8) is 0 Å². The Kier molecular flexibility index (Phi) is 3.58. The molecule has 0 spiro atoms. The molecule has 0 aromatic rings. The molecular weight excluding hydrogens is 228 g/mol. The third-order valence-electron chi connectivity index (χ3n) is 2.76. The van der Waals surface area contributed by atoms with Crippen LogP contribution in [0.15, 0.2) is 0 Å². The van der Waals surface area contributed by atoms with Crippen LogP contribution in [0.3, 0.4) is 0 Å². The fraction of sp³-hybridized carbons (Fsp3) is 0.800. The van der Waals surface area contributed by atoms with Crippen LogP contribution in [-0.2, 0) is 9.53 Å². The lowest BCUT2D eigenvalue weighted by Crippen LogP contribution is -2.39. The van der Waals surface area contributed by atoms with Crippen LogP contribution < -0.4 is 10.6 Å².